The van der Waals surface area contributed by atoms with Gasteiger partial charge in [-0.1, -0.05) is 41.1 Å². The Bertz CT molecular complexity index is 1290. The van der Waals surface area contributed by atoms with Gasteiger partial charge >= 0.3 is 6.18 Å². The Kier molecular flexibility index (Phi) is 6.02. The van der Waals surface area contributed by atoms with Crippen molar-refractivity contribution in [2.24, 2.45) is 5.73 Å². The second-order valence-electron chi connectivity index (χ2n) is 7.21. The fourth-order valence-corrected chi connectivity index (χ4v) is 4.45. The third-order valence-corrected chi connectivity index (χ3v) is 6.12. The number of fused-ring (bicyclic) bond motifs is 1. The SMILES string of the molecule is Nc1nc(C[C@@H](N)Cc2ccc(C(F)(F)F)nc2Cl)c(-c2ccc3cnc(F)cc3c2)s1. The lowest BCUT2D eigenvalue weighted by Gasteiger charge is -2.14. The van der Waals surface area contributed by atoms with Crippen molar-refractivity contribution in [2.75, 3.05) is 5.73 Å². The maximum Gasteiger partial charge on any atom is 0.433 e. The molecule has 1 aromatic carbocycles. The Morgan fingerprint density at radius 2 is 1.81 bits per heavy atom. The van der Waals surface area contributed by atoms with Crippen LogP contribution in [0.15, 0.2) is 42.6 Å². The van der Waals surface area contributed by atoms with Gasteiger partial charge in [-0.3, -0.25) is 0 Å². The van der Waals surface area contributed by atoms with E-state index in [-0.39, 0.29) is 11.6 Å². The van der Waals surface area contributed by atoms with Gasteiger partial charge in [0.15, 0.2) is 5.13 Å². The van der Waals surface area contributed by atoms with Gasteiger partial charge in [-0.15, -0.1) is 0 Å². The zero-order valence-electron chi connectivity index (χ0n) is 16.3. The zero-order valence-corrected chi connectivity index (χ0v) is 17.9. The second-order valence-corrected chi connectivity index (χ2v) is 8.60. The molecule has 32 heavy (non-hydrogen) atoms. The molecule has 11 heteroatoms. The van der Waals surface area contributed by atoms with E-state index in [0.29, 0.717) is 28.2 Å². The molecule has 0 fully saturated rings. The molecule has 0 saturated carbocycles. The van der Waals surface area contributed by atoms with Gasteiger partial charge in [0.05, 0.1) is 10.6 Å². The van der Waals surface area contributed by atoms with Crippen LogP contribution in [-0.4, -0.2) is 21.0 Å². The number of benzene rings is 1. The molecule has 0 bridgehead atoms. The minimum absolute atomic E-state index is 0.204. The normalized spacial score (nSPS) is 12.9. The third kappa shape index (κ3) is 4.82. The molecule has 0 aliphatic heterocycles. The summed E-state index contributed by atoms with van der Waals surface area (Å²) in [6.07, 6.45) is -2.61. The van der Waals surface area contributed by atoms with Gasteiger partial charge in [-0.2, -0.15) is 17.6 Å². The molecule has 4 N–H and O–H groups in total. The average Bonchev–Trinajstić information content (AvgIpc) is 3.08. The quantitative estimate of drug-likeness (QED) is 0.300. The fraction of sp³-hybridized carbons (Fsp3) is 0.190. The average molecular weight is 482 g/mol. The predicted octanol–water partition coefficient (Wildman–Crippen LogP) is 5.26. The zero-order chi connectivity index (χ0) is 23.0. The number of hydrogen-bond donors (Lipinski definition) is 2. The van der Waals surface area contributed by atoms with Crippen LogP contribution in [0.25, 0.3) is 21.2 Å². The van der Waals surface area contributed by atoms with Crippen LogP contribution in [0.5, 0.6) is 0 Å². The van der Waals surface area contributed by atoms with E-state index in [9.17, 15) is 17.6 Å². The topological polar surface area (TPSA) is 90.7 Å². The van der Waals surface area contributed by atoms with Crippen molar-refractivity contribution in [1.82, 2.24) is 15.0 Å². The van der Waals surface area contributed by atoms with E-state index in [1.165, 1.54) is 29.7 Å². The van der Waals surface area contributed by atoms with Crippen LogP contribution >= 0.6 is 22.9 Å². The van der Waals surface area contributed by atoms with Gasteiger partial charge < -0.3 is 11.5 Å². The molecule has 0 amide bonds. The summed E-state index contributed by atoms with van der Waals surface area (Å²) in [7, 11) is 0. The number of aromatic nitrogens is 3. The van der Waals surface area contributed by atoms with Gasteiger partial charge in [-0.05, 0) is 35.1 Å². The van der Waals surface area contributed by atoms with E-state index < -0.39 is 23.9 Å². The van der Waals surface area contributed by atoms with Crippen LogP contribution < -0.4 is 11.5 Å². The minimum atomic E-state index is -4.57. The molecule has 0 unspecified atom stereocenters. The highest BCUT2D eigenvalue weighted by Gasteiger charge is 2.33. The van der Waals surface area contributed by atoms with Crippen molar-refractivity contribution in [3.05, 3.63) is 70.6 Å². The number of thiazole rings is 1. The van der Waals surface area contributed by atoms with E-state index in [2.05, 4.69) is 15.0 Å². The molecule has 166 valence electrons. The molecule has 1 atom stereocenters. The van der Waals surface area contributed by atoms with Crippen molar-refractivity contribution in [2.45, 2.75) is 25.1 Å². The maximum absolute atomic E-state index is 13.5. The maximum atomic E-state index is 13.5. The van der Waals surface area contributed by atoms with Crippen LogP contribution in [0.4, 0.5) is 22.7 Å². The first-order chi connectivity index (χ1) is 15.1. The summed E-state index contributed by atoms with van der Waals surface area (Å²) in [5.74, 6) is -0.581. The van der Waals surface area contributed by atoms with Crippen molar-refractivity contribution in [1.29, 1.82) is 0 Å². The van der Waals surface area contributed by atoms with E-state index in [4.69, 9.17) is 23.1 Å². The second kappa shape index (κ2) is 8.61. The Morgan fingerprint density at radius 3 is 2.53 bits per heavy atom. The standard InChI is InChI=1S/C21H16ClF4N5S/c22-19-11(3-4-16(31-19)21(24,25)26)6-14(27)8-15-18(32-20(28)30-15)10-1-2-12-9-29-17(23)7-13(12)5-10/h1-5,7,9,14H,6,8,27H2,(H2,28,30)/t14-/m0/s1. The van der Waals surface area contributed by atoms with Crippen molar-refractivity contribution >= 4 is 38.8 Å². The first-order valence-corrected chi connectivity index (χ1v) is 10.6. The molecule has 4 aromatic rings. The van der Waals surface area contributed by atoms with E-state index in [1.54, 1.807) is 0 Å². The van der Waals surface area contributed by atoms with Gasteiger partial charge in [0.25, 0.3) is 0 Å². The number of hydrogen-bond acceptors (Lipinski definition) is 6. The highest BCUT2D eigenvalue weighted by Crippen LogP contribution is 2.35. The lowest BCUT2D eigenvalue weighted by molar-refractivity contribution is -0.141. The lowest BCUT2D eigenvalue weighted by Crippen LogP contribution is -2.26. The highest BCUT2D eigenvalue weighted by atomic mass is 35.5. The van der Waals surface area contributed by atoms with Crippen LogP contribution in [0.1, 0.15) is 17.0 Å². The summed E-state index contributed by atoms with van der Waals surface area (Å²) < 4.78 is 51.9. The first-order valence-electron chi connectivity index (χ1n) is 9.39. The Balaban J connectivity index is 1.57. The van der Waals surface area contributed by atoms with Crippen molar-refractivity contribution in [3.63, 3.8) is 0 Å². The summed E-state index contributed by atoms with van der Waals surface area (Å²) in [6.45, 7) is 0. The number of rotatable bonds is 5. The van der Waals surface area contributed by atoms with Gasteiger partial charge in [0, 0.05) is 30.1 Å². The number of nitrogens with two attached hydrogens (primary N) is 2. The smallest absolute Gasteiger partial charge is 0.375 e. The number of nitrogens with zero attached hydrogens (tertiary/aromatic N) is 3. The number of pyridine rings is 2. The summed E-state index contributed by atoms with van der Waals surface area (Å²) in [4.78, 5) is 12.2. The number of nitrogen functional groups attached to an aromatic ring is 1. The monoisotopic (exact) mass is 481 g/mol. The molecule has 0 aliphatic carbocycles. The number of alkyl halides is 3. The minimum Gasteiger partial charge on any atom is -0.375 e. The van der Waals surface area contributed by atoms with E-state index >= 15 is 0 Å². The molecular weight excluding hydrogens is 466 g/mol. The summed E-state index contributed by atoms with van der Waals surface area (Å²) in [6, 6.07) is 8.51. The summed E-state index contributed by atoms with van der Waals surface area (Å²) >= 11 is 7.22. The van der Waals surface area contributed by atoms with Crippen LogP contribution in [0.3, 0.4) is 0 Å². The molecule has 0 saturated heterocycles. The summed E-state index contributed by atoms with van der Waals surface area (Å²) in [5.41, 5.74) is 13.0. The molecule has 3 heterocycles. The van der Waals surface area contributed by atoms with Gasteiger partial charge in [-0.25, -0.2) is 15.0 Å². The van der Waals surface area contributed by atoms with Crippen molar-refractivity contribution < 1.29 is 17.6 Å². The lowest BCUT2D eigenvalue weighted by atomic mass is 10.0. The first kappa shape index (κ1) is 22.4. The molecule has 5 nitrogen and oxygen atoms in total. The Labute approximate surface area is 189 Å². The Hall–Kier alpha value is -2.82. The van der Waals surface area contributed by atoms with Crippen LogP contribution in [-0.2, 0) is 19.0 Å². The molecule has 0 aliphatic rings. The van der Waals surface area contributed by atoms with E-state index in [0.717, 1.165) is 21.9 Å². The van der Waals surface area contributed by atoms with Crippen LogP contribution in [0.2, 0.25) is 5.15 Å². The molecule has 0 spiro atoms. The summed E-state index contributed by atoms with van der Waals surface area (Å²) in [5, 5.41) is 1.58. The van der Waals surface area contributed by atoms with Crippen LogP contribution in [0, 0.1) is 5.95 Å². The predicted molar refractivity (Wildman–Crippen MR) is 117 cm³/mol. The number of anilines is 1. The van der Waals surface area contributed by atoms with E-state index in [1.807, 2.05) is 18.2 Å². The molecule has 0 radical (unpaired) electrons. The highest BCUT2D eigenvalue weighted by molar-refractivity contribution is 7.18. The number of halogens is 5. The van der Waals surface area contributed by atoms with Crippen molar-refractivity contribution in [3.8, 4) is 10.4 Å². The molecule has 3 aromatic heterocycles. The molecular formula is C21H16ClF4N5S. The Morgan fingerprint density at radius 1 is 1.03 bits per heavy atom. The van der Waals surface area contributed by atoms with Gasteiger partial charge in [0.1, 0.15) is 10.8 Å². The van der Waals surface area contributed by atoms with Gasteiger partial charge in [0.2, 0.25) is 5.95 Å². The third-order valence-electron chi connectivity index (χ3n) is 4.82. The molecule has 4 rings (SSSR count). The fourth-order valence-electron chi connectivity index (χ4n) is 3.37. The largest absolute Gasteiger partial charge is 0.433 e.